The molecule has 3 N–H and O–H groups in total. The Morgan fingerprint density at radius 1 is 0.486 bits per heavy atom. The Morgan fingerprint density at radius 3 is 1.46 bits per heavy atom. The average Bonchev–Trinajstić information content (AvgIpc) is 3.42. The van der Waals surface area contributed by atoms with Crippen molar-refractivity contribution in [2.75, 3.05) is 0 Å². The fraction of sp³-hybridized carbons (Fsp3) is 0. The summed E-state index contributed by atoms with van der Waals surface area (Å²) in [5.41, 5.74) is 13.3. The SMILES string of the molecule is N=C(N)c1ccc(-n2c3ccccc3c3ccc4c5ccccc5n(-c5ccccc5)c4c32)cc1. The Hall–Kier alpha value is -4.83. The van der Waals surface area contributed by atoms with E-state index in [4.69, 9.17) is 11.1 Å². The average molecular weight is 451 g/mol. The van der Waals surface area contributed by atoms with E-state index in [0.717, 1.165) is 22.5 Å². The van der Waals surface area contributed by atoms with Crippen LogP contribution in [0.5, 0.6) is 0 Å². The van der Waals surface area contributed by atoms with Gasteiger partial charge in [0.05, 0.1) is 22.1 Å². The summed E-state index contributed by atoms with van der Waals surface area (Å²) >= 11 is 0. The molecule has 0 spiro atoms. The van der Waals surface area contributed by atoms with Crippen LogP contribution in [0.4, 0.5) is 0 Å². The van der Waals surface area contributed by atoms with Crippen LogP contribution < -0.4 is 5.73 Å². The number of para-hydroxylation sites is 3. The van der Waals surface area contributed by atoms with E-state index in [0.29, 0.717) is 0 Å². The minimum absolute atomic E-state index is 0.0744. The van der Waals surface area contributed by atoms with E-state index < -0.39 is 0 Å². The Bertz CT molecular complexity index is 1910. The van der Waals surface area contributed by atoms with Crippen LogP contribution in [-0.2, 0) is 0 Å². The van der Waals surface area contributed by atoms with Crippen LogP contribution in [0.2, 0.25) is 0 Å². The summed E-state index contributed by atoms with van der Waals surface area (Å²) in [5.74, 6) is 0.0744. The van der Waals surface area contributed by atoms with E-state index in [1.165, 1.54) is 38.1 Å². The zero-order valence-electron chi connectivity index (χ0n) is 18.9. The number of aromatic nitrogens is 2. The molecule has 0 fully saturated rings. The van der Waals surface area contributed by atoms with Crippen LogP contribution in [0.3, 0.4) is 0 Å². The van der Waals surface area contributed by atoms with E-state index in [1.807, 2.05) is 12.1 Å². The lowest BCUT2D eigenvalue weighted by Gasteiger charge is -2.13. The van der Waals surface area contributed by atoms with Crippen LogP contribution in [0, 0.1) is 5.41 Å². The largest absolute Gasteiger partial charge is 0.384 e. The highest BCUT2D eigenvalue weighted by molar-refractivity contribution is 6.23. The number of nitrogens with zero attached hydrogens (tertiary/aromatic N) is 2. The van der Waals surface area contributed by atoms with Gasteiger partial charge in [-0.05, 0) is 48.5 Å². The van der Waals surface area contributed by atoms with Gasteiger partial charge in [-0.15, -0.1) is 0 Å². The number of nitrogens with one attached hydrogen (secondary N) is 1. The Kier molecular flexibility index (Phi) is 4.11. The molecule has 0 unspecified atom stereocenters. The summed E-state index contributed by atoms with van der Waals surface area (Å²) < 4.78 is 4.72. The van der Waals surface area contributed by atoms with Crippen molar-refractivity contribution >= 4 is 49.4 Å². The number of benzene rings is 5. The van der Waals surface area contributed by atoms with Crippen molar-refractivity contribution < 1.29 is 0 Å². The van der Waals surface area contributed by atoms with Crippen molar-refractivity contribution in [2.45, 2.75) is 0 Å². The van der Waals surface area contributed by atoms with Crippen molar-refractivity contribution in [3.05, 3.63) is 121 Å². The normalized spacial score (nSPS) is 11.7. The highest BCUT2D eigenvalue weighted by atomic mass is 15.0. The first-order chi connectivity index (χ1) is 17.2. The maximum absolute atomic E-state index is 7.80. The highest BCUT2D eigenvalue weighted by Crippen LogP contribution is 2.41. The third kappa shape index (κ3) is 2.77. The van der Waals surface area contributed by atoms with Gasteiger partial charge in [0.2, 0.25) is 0 Å². The minimum atomic E-state index is 0.0744. The molecule has 4 heteroatoms. The number of rotatable bonds is 3. The molecule has 0 amide bonds. The highest BCUT2D eigenvalue weighted by Gasteiger charge is 2.20. The van der Waals surface area contributed by atoms with E-state index in [9.17, 15) is 0 Å². The third-order valence-electron chi connectivity index (χ3n) is 6.92. The van der Waals surface area contributed by atoms with Crippen LogP contribution in [0.25, 0.3) is 55.0 Å². The van der Waals surface area contributed by atoms with Gasteiger partial charge in [-0.2, -0.15) is 0 Å². The molecule has 2 heterocycles. The number of fused-ring (bicyclic) bond motifs is 7. The van der Waals surface area contributed by atoms with Gasteiger partial charge in [-0.1, -0.05) is 66.7 Å². The van der Waals surface area contributed by atoms with E-state index in [-0.39, 0.29) is 5.84 Å². The van der Waals surface area contributed by atoms with Gasteiger partial charge in [0.15, 0.2) is 0 Å². The fourth-order valence-corrected chi connectivity index (χ4v) is 5.40. The van der Waals surface area contributed by atoms with Gasteiger partial charge in [0.25, 0.3) is 0 Å². The molecule has 0 saturated carbocycles. The van der Waals surface area contributed by atoms with Crippen LogP contribution in [-0.4, -0.2) is 15.0 Å². The number of nitrogens with two attached hydrogens (primary N) is 1. The summed E-state index contributed by atoms with van der Waals surface area (Å²) in [6.07, 6.45) is 0. The Labute approximate surface area is 202 Å². The van der Waals surface area contributed by atoms with Gasteiger partial charge in [-0.3, -0.25) is 5.41 Å². The molecule has 35 heavy (non-hydrogen) atoms. The van der Waals surface area contributed by atoms with E-state index >= 15 is 0 Å². The molecular formula is C31H22N4. The van der Waals surface area contributed by atoms with Gasteiger partial charge in [0, 0.05) is 38.5 Å². The third-order valence-corrected chi connectivity index (χ3v) is 6.92. The first-order valence-corrected chi connectivity index (χ1v) is 11.7. The first-order valence-electron chi connectivity index (χ1n) is 11.7. The lowest BCUT2D eigenvalue weighted by molar-refractivity contribution is 1.15. The number of amidine groups is 1. The van der Waals surface area contributed by atoms with Gasteiger partial charge >= 0.3 is 0 Å². The molecule has 7 rings (SSSR count). The molecule has 0 aliphatic carbocycles. The summed E-state index contributed by atoms with van der Waals surface area (Å²) in [4.78, 5) is 0. The smallest absolute Gasteiger partial charge is 0.122 e. The Morgan fingerprint density at radius 2 is 0.943 bits per heavy atom. The lowest BCUT2D eigenvalue weighted by atomic mass is 10.1. The lowest BCUT2D eigenvalue weighted by Crippen LogP contribution is -2.10. The maximum Gasteiger partial charge on any atom is 0.122 e. The molecule has 166 valence electrons. The van der Waals surface area contributed by atoms with Crippen molar-refractivity contribution in [1.29, 1.82) is 5.41 Å². The van der Waals surface area contributed by atoms with Crippen molar-refractivity contribution in [1.82, 2.24) is 9.13 Å². The number of hydrogen-bond donors (Lipinski definition) is 2. The molecule has 0 saturated heterocycles. The number of nitrogen functional groups attached to an aromatic ring is 1. The van der Waals surface area contributed by atoms with Crippen LogP contribution >= 0.6 is 0 Å². The monoisotopic (exact) mass is 450 g/mol. The summed E-state index contributed by atoms with van der Waals surface area (Å²) in [5, 5.41) is 12.7. The molecule has 4 nitrogen and oxygen atoms in total. The summed E-state index contributed by atoms with van der Waals surface area (Å²) in [7, 11) is 0. The second-order valence-corrected chi connectivity index (χ2v) is 8.86. The van der Waals surface area contributed by atoms with Crippen LogP contribution in [0.1, 0.15) is 5.56 Å². The zero-order chi connectivity index (χ0) is 23.5. The van der Waals surface area contributed by atoms with Crippen molar-refractivity contribution in [3.8, 4) is 11.4 Å². The molecule has 0 atom stereocenters. The molecule has 2 aromatic heterocycles. The second-order valence-electron chi connectivity index (χ2n) is 8.86. The fourth-order valence-electron chi connectivity index (χ4n) is 5.40. The number of hydrogen-bond acceptors (Lipinski definition) is 1. The maximum atomic E-state index is 7.80. The summed E-state index contributed by atoms with van der Waals surface area (Å²) in [6, 6.07) is 40.2. The topological polar surface area (TPSA) is 59.7 Å². The molecule has 7 aromatic rings. The van der Waals surface area contributed by atoms with Gasteiger partial charge in [-0.25, -0.2) is 0 Å². The predicted octanol–water partition coefficient (Wildman–Crippen LogP) is 7.16. The molecule has 0 aliphatic heterocycles. The quantitative estimate of drug-likeness (QED) is 0.218. The van der Waals surface area contributed by atoms with Gasteiger partial charge in [0.1, 0.15) is 5.84 Å². The second kappa shape index (κ2) is 7.34. The summed E-state index contributed by atoms with van der Waals surface area (Å²) in [6.45, 7) is 0. The molecule has 0 radical (unpaired) electrons. The van der Waals surface area contributed by atoms with Crippen molar-refractivity contribution in [3.63, 3.8) is 0 Å². The Balaban J connectivity index is 1.72. The van der Waals surface area contributed by atoms with Crippen molar-refractivity contribution in [2.24, 2.45) is 5.73 Å². The first kappa shape index (κ1) is 19.6. The van der Waals surface area contributed by atoms with E-state index in [2.05, 4.69) is 112 Å². The molecule has 5 aromatic carbocycles. The molecule has 0 bridgehead atoms. The molecular weight excluding hydrogens is 428 g/mol. The zero-order valence-corrected chi connectivity index (χ0v) is 18.9. The molecule has 0 aliphatic rings. The minimum Gasteiger partial charge on any atom is -0.384 e. The van der Waals surface area contributed by atoms with Gasteiger partial charge < -0.3 is 14.9 Å². The van der Waals surface area contributed by atoms with E-state index in [1.54, 1.807) is 0 Å². The predicted molar refractivity (Wildman–Crippen MR) is 146 cm³/mol. The van der Waals surface area contributed by atoms with Crippen LogP contribution in [0.15, 0.2) is 115 Å². The standard InChI is InChI=1S/C31H22N4/c32-31(33)20-14-16-22(17-15-20)35-28-13-7-5-11-24(28)26-19-18-25-23-10-4-6-12-27(23)34(29(25)30(26)35)21-8-2-1-3-9-21/h1-19H,(H3,32,33).